The third-order valence-electron chi connectivity index (χ3n) is 5.37. The summed E-state index contributed by atoms with van der Waals surface area (Å²) < 4.78 is 0. The lowest BCUT2D eigenvalue weighted by molar-refractivity contribution is 0.0991. The highest BCUT2D eigenvalue weighted by Gasteiger charge is 2.41. The van der Waals surface area contributed by atoms with Gasteiger partial charge in [-0.25, -0.2) is 9.97 Å². The Balaban J connectivity index is 1.67. The SMILES string of the molecule is Cc1cc(C(N)=O)nc([C@@]2(C)CCCN2Cc2ccc3[nH]ccc3c2)n1. The van der Waals surface area contributed by atoms with Gasteiger partial charge in [0.15, 0.2) is 0 Å². The van der Waals surface area contributed by atoms with Crippen molar-refractivity contribution in [3.05, 3.63) is 59.3 Å². The van der Waals surface area contributed by atoms with Gasteiger partial charge in [0.2, 0.25) is 0 Å². The molecule has 0 saturated carbocycles. The maximum Gasteiger partial charge on any atom is 0.267 e. The lowest BCUT2D eigenvalue weighted by Crippen LogP contribution is -2.40. The summed E-state index contributed by atoms with van der Waals surface area (Å²) in [7, 11) is 0. The molecule has 1 amide bonds. The number of hydrogen-bond donors (Lipinski definition) is 2. The molecule has 0 unspecified atom stereocenters. The van der Waals surface area contributed by atoms with E-state index < -0.39 is 5.91 Å². The fraction of sp³-hybridized carbons (Fsp3) is 0.350. The number of carbonyl (C=O) groups excluding carboxylic acids is 1. The number of amides is 1. The van der Waals surface area contributed by atoms with E-state index in [1.807, 2.05) is 13.1 Å². The monoisotopic (exact) mass is 349 g/mol. The predicted octanol–water partition coefficient (Wildman–Crippen LogP) is 2.88. The first kappa shape index (κ1) is 16.7. The van der Waals surface area contributed by atoms with Crippen LogP contribution in [0.2, 0.25) is 0 Å². The van der Waals surface area contributed by atoms with Gasteiger partial charge in [0.25, 0.3) is 5.91 Å². The number of nitrogens with zero attached hydrogens (tertiary/aromatic N) is 3. The molecule has 1 atom stereocenters. The van der Waals surface area contributed by atoms with Gasteiger partial charge in [-0.3, -0.25) is 9.69 Å². The minimum Gasteiger partial charge on any atom is -0.364 e. The van der Waals surface area contributed by atoms with Gasteiger partial charge in [-0.05, 0) is 68.4 Å². The van der Waals surface area contributed by atoms with Crippen LogP contribution in [0.25, 0.3) is 10.9 Å². The minimum absolute atomic E-state index is 0.286. The molecule has 6 nitrogen and oxygen atoms in total. The van der Waals surface area contributed by atoms with E-state index in [1.54, 1.807) is 6.07 Å². The van der Waals surface area contributed by atoms with Crippen LogP contribution >= 0.6 is 0 Å². The van der Waals surface area contributed by atoms with E-state index in [4.69, 9.17) is 5.73 Å². The van der Waals surface area contributed by atoms with E-state index in [2.05, 4.69) is 51.0 Å². The van der Waals surface area contributed by atoms with E-state index in [9.17, 15) is 4.79 Å². The highest BCUT2D eigenvalue weighted by atomic mass is 16.1. The fourth-order valence-electron chi connectivity index (χ4n) is 3.88. The average Bonchev–Trinajstić information content (AvgIpc) is 3.21. The Morgan fingerprint density at radius 1 is 1.31 bits per heavy atom. The van der Waals surface area contributed by atoms with Crippen molar-refractivity contribution in [3.8, 4) is 0 Å². The second kappa shape index (κ2) is 6.21. The highest BCUT2D eigenvalue weighted by molar-refractivity contribution is 5.90. The third-order valence-corrected chi connectivity index (χ3v) is 5.37. The summed E-state index contributed by atoms with van der Waals surface area (Å²) in [5.74, 6) is 0.175. The van der Waals surface area contributed by atoms with Crippen molar-refractivity contribution in [1.29, 1.82) is 0 Å². The Bertz CT molecular complexity index is 979. The van der Waals surface area contributed by atoms with E-state index >= 15 is 0 Å². The zero-order valence-electron chi connectivity index (χ0n) is 15.1. The Labute approximate surface area is 152 Å². The van der Waals surface area contributed by atoms with Crippen molar-refractivity contribution in [2.24, 2.45) is 5.73 Å². The lowest BCUT2D eigenvalue weighted by Gasteiger charge is -2.34. The summed E-state index contributed by atoms with van der Waals surface area (Å²) in [5.41, 5.74) is 8.60. The molecule has 4 rings (SSSR count). The van der Waals surface area contributed by atoms with Crippen molar-refractivity contribution >= 4 is 16.8 Å². The quantitative estimate of drug-likeness (QED) is 0.758. The van der Waals surface area contributed by atoms with Crippen LogP contribution in [0.5, 0.6) is 0 Å². The van der Waals surface area contributed by atoms with Gasteiger partial charge >= 0.3 is 0 Å². The van der Waals surface area contributed by atoms with Gasteiger partial charge in [0, 0.05) is 24.0 Å². The number of aromatic amines is 1. The predicted molar refractivity (Wildman–Crippen MR) is 101 cm³/mol. The number of rotatable bonds is 4. The standard InChI is InChI=1S/C20H23N5O/c1-13-10-17(18(21)26)24-19(23-13)20(2)7-3-9-25(20)12-14-4-5-16-15(11-14)6-8-22-16/h4-6,8,10-11,22H,3,7,9,12H2,1-2H3,(H2,21,26)/t20-/m1/s1. The van der Waals surface area contributed by atoms with Gasteiger partial charge in [0.1, 0.15) is 11.5 Å². The number of nitrogens with two attached hydrogens (primary N) is 1. The molecule has 1 saturated heterocycles. The number of aryl methyl sites for hydroxylation is 1. The molecule has 0 spiro atoms. The van der Waals surface area contributed by atoms with Crippen LogP contribution in [-0.2, 0) is 12.1 Å². The molecule has 0 bridgehead atoms. The van der Waals surface area contributed by atoms with Gasteiger partial charge in [-0.15, -0.1) is 0 Å². The van der Waals surface area contributed by atoms with Gasteiger partial charge in [-0.2, -0.15) is 0 Å². The summed E-state index contributed by atoms with van der Waals surface area (Å²) in [6, 6.07) is 10.2. The average molecular weight is 349 g/mol. The fourth-order valence-corrected chi connectivity index (χ4v) is 3.88. The number of benzene rings is 1. The topological polar surface area (TPSA) is 87.9 Å². The molecule has 1 aromatic carbocycles. The maximum absolute atomic E-state index is 11.6. The normalized spacial score (nSPS) is 20.7. The van der Waals surface area contributed by atoms with Crippen LogP contribution in [0.1, 0.15) is 47.3 Å². The van der Waals surface area contributed by atoms with Crippen molar-refractivity contribution in [2.75, 3.05) is 6.54 Å². The first-order valence-electron chi connectivity index (χ1n) is 8.93. The largest absolute Gasteiger partial charge is 0.364 e. The van der Waals surface area contributed by atoms with Gasteiger partial charge in [0.05, 0.1) is 5.54 Å². The zero-order valence-corrected chi connectivity index (χ0v) is 15.1. The van der Waals surface area contributed by atoms with Crippen LogP contribution in [0.15, 0.2) is 36.5 Å². The molecule has 3 aromatic rings. The first-order chi connectivity index (χ1) is 12.5. The number of aromatic nitrogens is 3. The third kappa shape index (κ3) is 2.86. The minimum atomic E-state index is -0.511. The number of fused-ring (bicyclic) bond motifs is 1. The smallest absolute Gasteiger partial charge is 0.267 e. The molecule has 26 heavy (non-hydrogen) atoms. The van der Waals surface area contributed by atoms with Crippen molar-refractivity contribution in [3.63, 3.8) is 0 Å². The number of nitrogens with one attached hydrogen (secondary N) is 1. The van der Waals surface area contributed by atoms with Crippen molar-refractivity contribution in [1.82, 2.24) is 19.9 Å². The molecule has 1 aliphatic heterocycles. The summed E-state index contributed by atoms with van der Waals surface area (Å²) in [6.07, 6.45) is 3.99. The number of likely N-dealkylation sites (tertiary alicyclic amines) is 1. The van der Waals surface area contributed by atoms with Crippen LogP contribution in [0.3, 0.4) is 0 Å². The van der Waals surface area contributed by atoms with E-state index in [1.165, 1.54) is 10.9 Å². The Morgan fingerprint density at radius 2 is 2.15 bits per heavy atom. The zero-order chi connectivity index (χ0) is 18.3. The highest BCUT2D eigenvalue weighted by Crippen LogP contribution is 2.38. The second-order valence-corrected chi connectivity index (χ2v) is 7.28. The number of hydrogen-bond acceptors (Lipinski definition) is 4. The molecule has 1 fully saturated rings. The number of carbonyl (C=O) groups is 1. The van der Waals surface area contributed by atoms with E-state index in [-0.39, 0.29) is 11.2 Å². The Morgan fingerprint density at radius 3 is 2.96 bits per heavy atom. The van der Waals surface area contributed by atoms with Crippen LogP contribution < -0.4 is 5.73 Å². The molecule has 0 aliphatic carbocycles. The summed E-state index contributed by atoms with van der Waals surface area (Å²) in [4.78, 5) is 26.4. The molecule has 134 valence electrons. The molecular formula is C20H23N5O. The van der Waals surface area contributed by atoms with Crippen LogP contribution in [0, 0.1) is 6.92 Å². The summed E-state index contributed by atoms with van der Waals surface area (Å²) in [6.45, 7) is 5.83. The van der Waals surface area contributed by atoms with E-state index in [0.717, 1.165) is 37.1 Å². The number of primary amides is 1. The van der Waals surface area contributed by atoms with Crippen molar-refractivity contribution < 1.29 is 4.79 Å². The van der Waals surface area contributed by atoms with Crippen LogP contribution in [0.4, 0.5) is 0 Å². The van der Waals surface area contributed by atoms with Crippen molar-refractivity contribution in [2.45, 2.75) is 38.8 Å². The molecule has 1 aliphatic rings. The molecule has 3 heterocycles. The molecule has 0 radical (unpaired) electrons. The van der Waals surface area contributed by atoms with Gasteiger partial charge in [-0.1, -0.05) is 6.07 Å². The Kier molecular flexibility index (Phi) is 4.00. The lowest BCUT2D eigenvalue weighted by atomic mass is 9.96. The molecule has 3 N–H and O–H groups in total. The summed E-state index contributed by atoms with van der Waals surface area (Å²) >= 11 is 0. The molecule has 2 aromatic heterocycles. The second-order valence-electron chi connectivity index (χ2n) is 7.28. The maximum atomic E-state index is 11.6. The molecular weight excluding hydrogens is 326 g/mol. The summed E-state index contributed by atoms with van der Waals surface area (Å²) in [5, 5.41) is 1.21. The van der Waals surface area contributed by atoms with Gasteiger partial charge < -0.3 is 10.7 Å². The Hall–Kier alpha value is -2.73. The molecule has 6 heteroatoms. The number of H-pyrrole nitrogens is 1. The van der Waals surface area contributed by atoms with Crippen LogP contribution in [-0.4, -0.2) is 32.3 Å². The van der Waals surface area contributed by atoms with E-state index in [0.29, 0.717) is 5.82 Å². The first-order valence-corrected chi connectivity index (χ1v) is 8.93.